The van der Waals surface area contributed by atoms with Crippen molar-refractivity contribution in [1.82, 2.24) is 9.88 Å². The monoisotopic (exact) mass is 245 g/mol. The van der Waals surface area contributed by atoms with Gasteiger partial charge in [0.15, 0.2) is 0 Å². The first-order valence-electron chi connectivity index (χ1n) is 6.00. The maximum atomic E-state index is 10.8. The minimum Gasteiger partial charge on any atom is -0.481 e. The Morgan fingerprint density at radius 2 is 2.28 bits per heavy atom. The molecule has 1 aliphatic heterocycles. The van der Waals surface area contributed by atoms with E-state index in [0.29, 0.717) is 25.1 Å². The van der Waals surface area contributed by atoms with Crippen LogP contribution in [-0.2, 0) is 11.3 Å². The van der Waals surface area contributed by atoms with E-state index in [1.807, 2.05) is 12.1 Å². The Bertz CT molecular complexity index is 473. The van der Waals surface area contributed by atoms with Crippen molar-refractivity contribution in [3.8, 4) is 6.07 Å². The van der Waals surface area contributed by atoms with E-state index in [2.05, 4.69) is 16.0 Å². The molecule has 0 amide bonds. The summed E-state index contributed by atoms with van der Waals surface area (Å²) in [6.45, 7) is 2.19. The van der Waals surface area contributed by atoms with Crippen LogP contribution in [0.1, 0.15) is 24.1 Å². The highest BCUT2D eigenvalue weighted by Gasteiger charge is 2.24. The van der Waals surface area contributed by atoms with Gasteiger partial charge in [0.05, 0.1) is 5.92 Å². The fraction of sp³-hybridized carbons (Fsp3) is 0.462. The van der Waals surface area contributed by atoms with Crippen LogP contribution in [0.5, 0.6) is 0 Å². The van der Waals surface area contributed by atoms with Crippen molar-refractivity contribution in [1.29, 1.82) is 5.26 Å². The minimum atomic E-state index is -0.700. The molecule has 1 aromatic rings. The molecule has 1 aliphatic rings. The molecular formula is C13H15N3O2. The van der Waals surface area contributed by atoms with E-state index in [1.54, 1.807) is 6.20 Å². The van der Waals surface area contributed by atoms with Gasteiger partial charge in [-0.05, 0) is 32.0 Å². The number of piperidine rings is 1. The molecule has 0 spiro atoms. The first kappa shape index (κ1) is 12.5. The smallest absolute Gasteiger partial charge is 0.306 e. The molecule has 5 heteroatoms. The highest BCUT2D eigenvalue weighted by Crippen LogP contribution is 2.19. The lowest BCUT2D eigenvalue weighted by Gasteiger charge is -2.30. The Morgan fingerprint density at radius 3 is 2.89 bits per heavy atom. The molecule has 1 aromatic heterocycles. The second-order valence-electron chi connectivity index (χ2n) is 4.51. The highest BCUT2D eigenvalue weighted by atomic mass is 16.4. The summed E-state index contributed by atoms with van der Waals surface area (Å²) in [7, 11) is 0. The van der Waals surface area contributed by atoms with E-state index in [-0.39, 0.29) is 5.92 Å². The number of likely N-dealkylation sites (tertiary alicyclic amines) is 1. The largest absolute Gasteiger partial charge is 0.481 e. The number of rotatable bonds is 3. The summed E-state index contributed by atoms with van der Waals surface area (Å²) in [5, 5.41) is 17.9. The summed E-state index contributed by atoms with van der Waals surface area (Å²) in [4.78, 5) is 17.1. The number of carboxylic acids is 1. The highest BCUT2D eigenvalue weighted by molar-refractivity contribution is 5.70. The van der Waals surface area contributed by atoms with Gasteiger partial charge in [0.1, 0.15) is 11.8 Å². The van der Waals surface area contributed by atoms with Gasteiger partial charge < -0.3 is 5.11 Å². The third-order valence-electron chi connectivity index (χ3n) is 3.33. The molecule has 1 N–H and O–H groups in total. The van der Waals surface area contributed by atoms with Gasteiger partial charge in [-0.2, -0.15) is 5.26 Å². The van der Waals surface area contributed by atoms with Crippen LogP contribution >= 0.6 is 0 Å². The summed E-state index contributed by atoms with van der Waals surface area (Å²) >= 11 is 0. The van der Waals surface area contributed by atoms with Crippen molar-refractivity contribution in [2.24, 2.45) is 5.92 Å². The quantitative estimate of drug-likeness (QED) is 0.867. The molecule has 1 saturated heterocycles. The maximum absolute atomic E-state index is 10.8. The molecule has 18 heavy (non-hydrogen) atoms. The lowest BCUT2D eigenvalue weighted by molar-refractivity contribution is -0.143. The number of carboxylic acid groups (broad SMARTS) is 1. The van der Waals surface area contributed by atoms with Crippen LogP contribution in [0.3, 0.4) is 0 Å². The lowest BCUT2D eigenvalue weighted by atomic mass is 9.97. The summed E-state index contributed by atoms with van der Waals surface area (Å²) in [6, 6.07) is 5.80. The van der Waals surface area contributed by atoms with Gasteiger partial charge in [-0.25, -0.2) is 4.98 Å². The molecule has 94 valence electrons. The molecule has 1 fully saturated rings. The fourth-order valence-electron chi connectivity index (χ4n) is 2.25. The Labute approximate surface area is 106 Å². The van der Waals surface area contributed by atoms with E-state index in [9.17, 15) is 4.79 Å². The molecule has 2 rings (SSSR count). The summed E-state index contributed by atoms with van der Waals surface area (Å²) in [5.74, 6) is -0.917. The summed E-state index contributed by atoms with van der Waals surface area (Å²) < 4.78 is 0. The standard InChI is InChI=1S/C13H15N3O2/c14-8-12-11(2-1-5-15-12)9-16-6-3-10(4-7-16)13(17)18/h1-2,5,10H,3-4,6-7,9H2,(H,17,18). The van der Waals surface area contributed by atoms with E-state index in [0.717, 1.165) is 18.7 Å². The lowest BCUT2D eigenvalue weighted by Crippen LogP contribution is -2.36. The molecule has 5 nitrogen and oxygen atoms in total. The van der Waals surface area contributed by atoms with Crippen LogP contribution in [0.2, 0.25) is 0 Å². The van der Waals surface area contributed by atoms with Crippen molar-refractivity contribution in [2.75, 3.05) is 13.1 Å². The Balaban J connectivity index is 1.96. The zero-order valence-corrected chi connectivity index (χ0v) is 10.0. The van der Waals surface area contributed by atoms with Gasteiger partial charge in [0.25, 0.3) is 0 Å². The van der Waals surface area contributed by atoms with Gasteiger partial charge in [-0.1, -0.05) is 6.07 Å². The SMILES string of the molecule is N#Cc1ncccc1CN1CCC(C(=O)O)CC1. The van der Waals surface area contributed by atoms with Crippen LogP contribution in [0.25, 0.3) is 0 Å². The molecule has 0 atom stereocenters. The molecule has 0 unspecified atom stereocenters. The average Bonchev–Trinajstić information content (AvgIpc) is 2.40. The van der Waals surface area contributed by atoms with Crippen LogP contribution in [-0.4, -0.2) is 34.0 Å². The molecule has 0 saturated carbocycles. The third-order valence-corrected chi connectivity index (χ3v) is 3.33. The topological polar surface area (TPSA) is 77.2 Å². The van der Waals surface area contributed by atoms with Crippen molar-refractivity contribution >= 4 is 5.97 Å². The number of nitriles is 1. The number of hydrogen-bond acceptors (Lipinski definition) is 4. The second-order valence-corrected chi connectivity index (χ2v) is 4.51. The van der Waals surface area contributed by atoms with Crippen molar-refractivity contribution in [3.63, 3.8) is 0 Å². The molecule has 0 radical (unpaired) electrons. The number of nitrogens with zero attached hydrogens (tertiary/aromatic N) is 3. The van der Waals surface area contributed by atoms with Gasteiger partial charge in [-0.3, -0.25) is 9.69 Å². The summed E-state index contributed by atoms with van der Waals surface area (Å²) in [5.41, 5.74) is 1.37. The minimum absolute atomic E-state index is 0.217. The molecular weight excluding hydrogens is 230 g/mol. The average molecular weight is 245 g/mol. The van der Waals surface area contributed by atoms with Crippen LogP contribution < -0.4 is 0 Å². The zero-order chi connectivity index (χ0) is 13.0. The van der Waals surface area contributed by atoms with Gasteiger partial charge in [0, 0.05) is 18.3 Å². The summed E-state index contributed by atoms with van der Waals surface area (Å²) in [6.07, 6.45) is 2.97. The number of aromatic nitrogens is 1. The van der Waals surface area contributed by atoms with E-state index in [1.165, 1.54) is 0 Å². The molecule has 0 aliphatic carbocycles. The first-order chi connectivity index (χ1) is 8.70. The Morgan fingerprint density at radius 1 is 1.56 bits per heavy atom. The normalized spacial score (nSPS) is 17.3. The number of aliphatic carboxylic acids is 1. The van der Waals surface area contributed by atoms with E-state index in [4.69, 9.17) is 10.4 Å². The molecule has 0 bridgehead atoms. The zero-order valence-electron chi connectivity index (χ0n) is 10.0. The predicted molar refractivity (Wildman–Crippen MR) is 64.6 cm³/mol. The Hall–Kier alpha value is -1.93. The first-order valence-corrected chi connectivity index (χ1v) is 6.00. The third kappa shape index (κ3) is 2.84. The number of pyridine rings is 1. The molecule has 2 heterocycles. The van der Waals surface area contributed by atoms with Gasteiger partial charge >= 0.3 is 5.97 Å². The Kier molecular flexibility index (Phi) is 3.90. The number of hydrogen-bond donors (Lipinski definition) is 1. The van der Waals surface area contributed by atoms with Crippen molar-refractivity contribution in [3.05, 3.63) is 29.6 Å². The predicted octanol–water partition coefficient (Wildman–Crippen LogP) is 1.25. The van der Waals surface area contributed by atoms with E-state index < -0.39 is 5.97 Å². The van der Waals surface area contributed by atoms with E-state index >= 15 is 0 Å². The molecule has 0 aromatic carbocycles. The van der Waals surface area contributed by atoms with Crippen LogP contribution in [0.4, 0.5) is 0 Å². The van der Waals surface area contributed by atoms with Crippen molar-refractivity contribution in [2.45, 2.75) is 19.4 Å². The van der Waals surface area contributed by atoms with Crippen LogP contribution in [0, 0.1) is 17.2 Å². The second kappa shape index (κ2) is 5.61. The maximum Gasteiger partial charge on any atom is 0.306 e. The van der Waals surface area contributed by atoms with Crippen molar-refractivity contribution < 1.29 is 9.90 Å². The van der Waals surface area contributed by atoms with Crippen LogP contribution in [0.15, 0.2) is 18.3 Å². The van der Waals surface area contributed by atoms with Gasteiger partial charge in [0.2, 0.25) is 0 Å². The number of carbonyl (C=O) groups is 1. The van der Waals surface area contributed by atoms with Gasteiger partial charge in [-0.15, -0.1) is 0 Å². The fourth-order valence-corrected chi connectivity index (χ4v) is 2.25.